The van der Waals surface area contributed by atoms with Crippen LogP contribution >= 0.6 is 0 Å². The molecule has 0 radical (unpaired) electrons. The predicted octanol–water partition coefficient (Wildman–Crippen LogP) is 11.6. The molecule has 1 aliphatic rings. The Morgan fingerprint density at radius 3 is 1.63 bits per heavy atom. The molecule has 0 spiro atoms. The second-order valence-corrected chi connectivity index (χ2v) is 18.7. The third kappa shape index (κ3) is 14.4. The first-order valence-corrected chi connectivity index (χ1v) is 26.0. The molecule has 12 nitrogen and oxygen atoms in total. The van der Waals surface area contributed by atoms with Crippen LogP contribution in [0.2, 0.25) is 0 Å². The Morgan fingerprint density at radius 2 is 1.05 bits per heavy atom. The lowest BCUT2D eigenvalue weighted by Gasteiger charge is -2.26. The summed E-state index contributed by atoms with van der Waals surface area (Å²) < 4.78 is 17.9. The minimum absolute atomic E-state index is 0.0946. The quantitative estimate of drug-likeness (QED) is 0.0542. The normalized spacial score (nSPS) is 12.4. The van der Waals surface area contributed by atoms with Crippen LogP contribution in [0.4, 0.5) is 0 Å². The lowest BCUT2D eigenvalue weighted by atomic mass is 9.99. The van der Waals surface area contributed by atoms with Gasteiger partial charge in [0.15, 0.2) is 0 Å². The highest BCUT2D eigenvalue weighted by Gasteiger charge is 2.18. The van der Waals surface area contributed by atoms with Crippen molar-refractivity contribution in [3.63, 3.8) is 0 Å². The lowest BCUT2D eigenvalue weighted by Crippen LogP contribution is -2.37. The average molecular weight is 1010 g/mol. The minimum atomic E-state index is -0.144. The number of carbonyl (C=O) groups is 2. The van der Waals surface area contributed by atoms with E-state index < -0.39 is 0 Å². The number of hydrogen-bond acceptors (Lipinski definition) is 10. The fourth-order valence-electron chi connectivity index (χ4n) is 9.21. The Morgan fingerprint density at radius 1 is 0.526 bits per heavy atom. The van der Waals surface area contributed by atoms with Crippen LogP contribution in [0.1, 0.15) is 56.7 Å². The van der Waals surface area contributed by atoms with Crippen LogP contribution in [-0.4, -0.2) is 89.4 Å². The number of hydrogen-bond donors (Lipinski definition) is 4. The first-order valence-electron chi connectivity index (χ1n) is 26.0. The summed E-state index contributed by atoms with van der Waals surface area (Å²) >= 11 is 0. The van der Waals surface area contributed by atoms with E-state index in [4.69, 9.17) is 14.2 Å². The summed E-state index contributed by atoms with van der Waals surface area (Å²) in [6.07, 6.45) is 7.74. The van der Waals surface area contributed by atoms with E-state index in [0.29, 0.717) is 60.0 Å². The Labute approximate surface area is 444 Å². The standard InChI is InChI=1S/C32H35N3O4.C32H28N2O3/c36-29-23-27(21-25-10-5-13-33-31(25)29)28-22-26(32(37)34-14-4-9-24-7-2-1-3-8-24)11-12-30(28)39-18-6-15-35-16-19-38-20-17-35;35-29-20-27(19-25-14-8-17-33-31(25)29)28-16-15-26(21-30(28)37-22-24-11-5-2-6-12-24)32(36)34-18-7-13-23-9-3-1-4-10-23/h1-3,5,7-8,10-13,21-23,36H,4,6,9,14-20H2,(H,34,37);1-6,8-12,14-17,19-21,35H,7,13,18,22H2,(H,34,36). The number of fused-ring (bicyclic) bond motifs is 2. The van der Waals surface area contributed by atoms with Crippen molar-refractivity contribution in [3.05, 3.63) is 216 Å². The van der Waals surface area contributed by atoms with Gasteiger partial charge in [-0.1, -0.05) is 103 Å². The van der Waals surface area contributed by atoms with E-state index in [1.807, 2.05) is 121 Å². The first kappa shape index (κ1) is 52.3. The molecule has 10 rings (SSSR count). The van der Waals surface area contributed by atoms with Crippen molar-refractivity contribution in [1.29, 1.82) is 0 Å². The molecular formula is C64H63N5O7. The van der Waals surface area contributed by atoms with Gasteiger partial charge in [-0.3, -0.25) is 24.5 Å². The SMILES string of the molecule is O=C(NCCCc1ccccc1)c1ccc(-c2cc(O)c3ncccc3c2)c(OCc2ccccc2)c1.O=C(NCCCc1ccccc1)c1ccc(OCCCN2CCOCC2)c(-c2cc(O)c3ncccc3c2)c1. The summed E-state index contributed by atoms with van der Waals surface area (Å²) in [5, 5.41) is 29.0. The molecule has 386 valence electrons. The van der Waals surface area contributed by atoms with E-state index in [0.717, 1.165) is 104 Å². The van der Waals surface area contributed by atoms with Crippen molar-refractivity contribution in [2.75, 3.05) is 52.5 Å². The first-order chi connectivity index (χ1) is 37.3. The van der Waals surface area contributed by atoms with Crippen molar-refractivity contribution in [3.8, 4) is 45.3 Å². The van der Waals surface area contributed by atoms with Crippen molar-refractivity contribution < 1.29 is 34.0 Å². The summed E-state index contributed by atoms with van der Waals surface area (Å²) in [4.78, 5) is 36.9. The minimum Gasteiger partial charge on any atom is -0.506 e. The molecule has 1 saturated heterocycles. The summed E-state index contributed by atoms with van der Waals surface area (Å²) in [6, 6.07) is 56.2. The fourth-order valence-corrected chi connectivity index (χ4v) is 9.21. The van der Waals surface area contributed by atoms with Gasteiger partial charge in [0.05, 0.1) is 19.8 Å². The zero-order valence-electron chi connectivity index (χ0n) is 42.6. The monoisotopic (exact) mass is 1010 g/mol. The maximum absolute atomic E-state index is 13.0. The number of pyridine rings is 2. The Balaban J connectivity index is 0.000000186. The van der Waals surface area contributed by atoms with E-state index >= 15 is 0 Å². The summed E-state index contributed by atoms with van der Waals surface area (Å²) in [6.45, 7) is 6.49. The smallest absolute Gasteiger partial charge is 0.251 e. The van der Waals surface area contributed by atoms with Crippen molar-refractivity contribution in [2.24, 2.45) is 0 Å². The maximum Gasteiger partial charge on any atom is 0.251 e. The highest BCUT2D eigenvalue weighted by atomic mass is 16.5. The van der Waals surface area contributed by atoms with Gasteiger partial charge in [0.1, 0.15) is 40.6 Å². The van der Waals surface area contributed by atoms with Crippen molar-refractivity contribution >= 4 is 33.6 Å². The van der Waals surface area contributed by atoms with Crippen LogP contribution in [0.25, 0.3) is 44.1 Å². The van der Waals surface area contributed by atoms with E-state index in [9.17, 15) is 19.8 Å². The number of carbonyl (C=O) groups excluding carboxylic acids is 2. The molecule has 0 atom stereocenters. The predicted molar refractivity (Wildman–Crippen MR) is 300 cm³/mol. The van der Waals surface area contributed by atoms with E-state index in [1.54, 1.807) is 42.7 Å². The molecule has 0 aliphatic carbocycles. The number of aryl methyl sites for hydroxylation is 2. The van der Waals surface area contributed by atoms with Gasteiger partial charge in [-0.2, -0.15) is 0 Å². The van der Waals surface area contributed by atoms with Gasteiger partial charge >= 0.3 is 0 Å². The van der Waals surface area contributed by atoms with Gasteiger partial charge in [-0.25, -0.2) is 0 Å². The van der Waals surface area contributed by atoms with Crippen molar-refractivity contribution in [2.45, 2.75) is 38.7 Å². The molecule has 0 unspecified atom stereocenters. The number of ether oxygens (including phenoxy) is 3. The zero-order chi connectivity index (χ0) is 52.3. The Hall–Kier alpha value is -8.58. The second kappa shape index (κ2) is 26.6. The summed E-state index contributed by atoms with van der Waals surface area (Å²) in [7, 11) is 0. The van der Waals surface area contributed by atoms with Crippen LogP contribution in [0.3, 0.4) is 0 Å². The molecule has 9 aromatic rings. The number of aromatic nitrogens is 2. The van der Waals surface area contributed by atoms with Crippen molar-refractivity contribution in [1.82, 2.24) is 25.5 Å². The second-order valence-electron chi connectivity index (χ2n) is 18.7. The molecule has 1 aliphatic heterocycles. The zero-order valence-corrected chi connectivity index (χ0v) is 42.6. The summed E-state index contributed by atoms with van der Waals surface area (Å²) in [5.41, 5.74) is 8.82. The number of aromatic hydroxyl groups is 2. The van der Waals surface area contributed by atoms with Crippen LogP contribution in [0, 0.1) is 0 Å². The van der Waals surface area contributed by atoms with Gasteiger partial charge < -0.3 is 35.1 Å². The molecule has 76 heavy (non-hydrogen) atoms. The van der Waals surface area contributed by atoms with E-state index in [1.165, 1.54) is 11.1 Å². The van der Waals surface area contributed by atoms with Crippen LogP contribution in [-0.2, 0) is 24.2 Å². The number of benzene rings is 7. The van der Waals surface area contributed by atoms with Gasteiger partial charge in [0.25, 0.3) is 11.8 Å². The number of phenols is 2. The highest BCUT2D eigenvalue weighted by Crippen LogP contribution is 2.38. The molecule has 12 heteroatoms. The van der Waals surface area contributed by atoms with E-state index in [-0.39, 0.29) is 23.3 Å². The molecule has 1 fully saturated rings. The molecule has 3 heterocycles. The van der Waals surface area contributed by atoms with Gasteiger partial charge in [0, 0.05) is 78.1 Å². The maximum atomic E-state index is 13.0. The molecule has 2 amide bonds. The Kier molecular flexibility index (Phi) is 18.3. The number of nitrogens with one attached hydrogen (secondary N) is 2. The molecular weight excluding hydrogens is 951 g/mol. The largest absolute Gasteiger partial charge is 0.506 e. The molecule has 0 saturated carbocycles. The molecule has 4 N–H and O–H groups in total. The number of amides is 2. The molecule has 7 aromatic carbocycles. The van der Waals surface area contributed by atoms with Gasteiger partial charge in [-0.15, -0.1) is 0 Å². The molecule has 0 bridgehead atoms. The number of nitrogens with zero attached hydrogens (tertiary/aromatic N) is 3. The third-order valence-electron chi connectivity index (χ3n) is 13.2. The Bertz CT molecular complexity index is 3330. The van der Waals surface area contributed by atoms with Crippen LogP contribution < -0.4 is 20.1 Å². The summed E-state index contributed by atoms with van der Waals surface area (Å²) in [5.74, 6) is 1.17. The topological polar surface area (TPSA) is 155 Å². The van der Waals surface area contributed by atoms with Gasteiger partial charge in [0.2, 0.25) is 0 Å². The number of phenolic OH excluding ortho intramolecular Hbond substituents is 2. The number of rotatable bonds is 20. The van der Waals surface area contributed by atoms with E-state index in [2.05, 4.69) is 49.8 Å². The fraction of sp³-hybridized carbons (Fsp3) is 0.219. The number of morpholine rings is 1. The van der Waals surface area contributed by atoms with Crippen LogP contribution in [0.15, 0.2) is 188 Å². The average Bonchev–Trinajstić information content (AvgIpc) is 3.47. The third-order valence-corrected chi connectivity index (χ3v) is 13.2. The molecule has 2 aromatic heterocycles. The van der Waals surface area contributed by atoms with Crippen LogP contribution in [0.5, 0.6) is 23.0 Å². The highest BCUT2D eigenvalue weighted by molar-refractivity contribution is 5.98. The lowest BCUT2D eigenvalue weighted by molar-refractivity contribution is 0.0358. The van der Waals surface area contributed by atoms with Gasteiger partial charge in [-0.05, 0) is 133 Å².